The van der Waals surface area contributed by atoms with E-state index < -0.39 is 0 Å². The van der Waals surface area contributed by atoms with Crippen LogP contribution in [0.5, 0.6) is 0 Å². The Morgan fingerprint density at radius 1 is 1.12 bits per heavy atom. The van der Waals surface area contributed by atoms with Gasteiger partial charge in [-0.15, -0.1) is 0 Å². The molecule has 0 fully saturated rings. The van der Waals surface area contributed by atoms with E-state index in [0.29, 0.717) is 0 Å². The van der Waals surface area contributed by atoms with Crippen molar-refractivity contribution < 1.29 is 4.74 Å². The molecular weight excluding hydrogens is 202 g/mol. The molecule has 0 aliphatic carbocycles. The second kappa shape index (κ2) is 5.16. The summed E-state index contributed by atoms with van der Waals surface area (Å²) in [5.74, 6) is 0. The molecular formula is C13H13NO2. The fourth-order valence-corrected chi connectivity index (χ4v) is 1.44. The van der Waals surface area contributed by atoms with Crippen LogP contribution in [0.4, 0.5) is 0 Å². The summed E-state index contributed by atoms with van der Waals surface area (Å²) in [4.78, 5) is 13.6. The summed E-state index contributed by atoms with van der Waals surface area (Å²) < 4.78 is 4.76. The van der Waals surface area contributed by atoms with E-state index in [4.69, 9.17) is 4.74 Å². The van der Waals surface area contributed by atoms with E-state index in [-0.39, 0.29) is 5.56 Å². The molecule has 0 unspecified atom stereocenters. The van der Waals surface area contributed by atoms with Gasteiger partial charge < -0.3 is 9.72 Å². The summed E-state index contributed by atoms with van der Waals surface area (Å²) in [7, 11) is 0. The number of hydrogen-bond acceptors (Lipinski definition) is 2. The Morgan fingerprint density at radius 3 is 2.69 bits per heavy atom. The highest BCUT2D eigenvalue weighted by atomic mass is 16.5. The van der Waals surface area contributed by atoms with E-state index >= 15 is 0 Å². The van der Waals surface area contributed by atoms with Gasteiger partial charge >= 0.3 is 0 Å². The number of fused-ring (bicyclic) bond motifs is 1. The molecule has 2 heterocycles. The topological polar surface area (TPSA) is 42.1 Å². The van der Waals surface area contributed by atoms with Crippen LogP contribution in [0.15, 0.2) is 53.5 Å². The average Bonchev–Trinajstić information content (AvgIpc) is 2.87. The Bertz CT molecular complexity index is 537. The molecule has 0 atom stereocenters. The minimum atomic E-state index is -0.0521. The minimum absolute atomic E-state index is 0.0521. The summed E-state index contributed by atoms with van der Waals surface area (Å²) in [6.07, 6.45) is 4.85. The number of hydrogen-bond donors (Lipinski definition) is 1. The molecule has 0 amide bonds. The van der Waals surface area contributed by atoms with Gasteiger partial charge in [0, 0.05) is 18.0 Å². The van der Waals surface area contributed by atoms with Crippen LogP contribution >= 0.6 is 0 Å². The zero-order valence-electron chi connectivity index (χ0n) is 8.85. The summed E-state index contributed by atoms with van der Waals surface area (Å²) in [6, 6.07) is 11.0. The second-order valence-electron chi connectivity index (χ2n) is 3.44. The Balaban J connectivity index is 0.000000162. The van der Waals surface area contributed by atoms with E-state index in [1.807, 2.05) is 36.4 Å². The maximum Gasteiger partial charge on any atom is 0.248 e. The number of ether oxygens (including phenoxy) is 1. The number of H-pyrrole nitrogens is 1. The third kappa shape index (κ3) is 2.73. The predicted octanol–water partition coefficient (Wildman–Crippen LogP) is 2.45. The molecule has 1 aliphatic rings. The Kier molecular flexibility index (Phi) is 3.38. The van der Waals surface area contributed by atoms with Crippen molar-refractivity contribution in [1.82, 2.24) is 4.98 Å². The van der Waals surface area contributed by atoms with Gasteiger partial charge in [-0.3, -0.25) is 4.79 Å². The zero-order chi connectivity index (χ0) is 11.2. The largest absolute Gasteiger partial charge is 0.501 e. The first-order chi connectivity index (χ1) is 7.86. The van der Waals surface area contributed by atoms with E-state index in [2.05, 4.69) is 4.98 Å². The molecule has 0 saturated heterocycles. The molecule has 3 rings (SSSR count). The Labute approximate surface area is 93.4 Å². The molecule has 1 aromatic heterocycles. The van der Waals surface area contributed by atoms with Crippen LogP contribution in [0.2, 0.25) is 0 Å². The lowest BCUT2D eigenvalue weighted by molar-refractivity contribution is 0.281. The van der Waals surface area contributed by atoms with Gasteiger partial charge in [0.1, 0.15) is 0 Å². The molecule has 82 valence electrons. The number of aromatic nitrogens is 1. The number of para-hydroxylation sites is 1. The van der Waals surface area contributed by atoms with Gasteiger partial charge in [0.05, 0.1) is 12.9 Å². The van der Waals surface area contributed by atoms with Crippen LogP contribution in [-0.2, 0) is 4.74 Å². The van der Waals surface area contributed by atoms with Crippen molar-refractivity contribution >= 4 is 10.9 Å². The minimum Gasteiger partial charge on any atom is -0.501 e. The third-order valence-corrected chi connectivity index (χ3v) is 2.23. The molecule has 3 nitrogen and oxygen atoms in total. The molecule has 3 heteroatoms. The maximum absolute atomic E-state index is 10.8. The van der Waals surface area contributed by atoms with Crippen LogP contribution < -0.4 is 5.56 Å². The van der Waals surface area contributed by atoms with Crippen LogP contribution in [0, 0.1) is 0 Å². The van der Waals surface area contributed by atoms with Gasteiger partial charge in [0.25, 0.3) is 0 Å². The molecule has 0 saturated carbocycles. The molecule has 16 heavy (non-hydrogen) atoms. The fourth-order valence-electron chi connectivity index (χ4n) is 1.44. The third-order valence-electron chi connectivity index (χ3n) is 2.23. The monoisotopic (exact) mass is 215 g/mol. The summed E-state index contributed by atoms with van der Waals surface area (Å²) >= 11 is 0. The van der Waals surface area contributed by atoms with Crippen LogP contribution in [0.25, 0.3) is 10.9 Å². The van der Waals surface area contributed by atoms with Crippen LogP contribution in [-0.4, -0.2) is 11.6 Å². The zero-order valence-corrected chi connectivity index (χ0v) is 8.85. The first-order valence-corrected chi connectivity index (χ1v) is 5.21. The average molecular weight is 215 g/mol. The standard InChI is InChI=1S/C9H7NO.C4H6O/c11-9-6-5-7-3-1-2-4-8(7)10-9;1-2-4-5-3-1/h1-6H,(H,10,11);1,3H,2,4H2. The first-order valence-electron chi connectivity index (χ1n) is 5.21. The highest BCUT2D eigenvalue weighted by molar-refractivity contribution is 5.77. The quantitative estimate of drug-likeness (QED) is 0.733. The lowest BCUT2D eigenvalue weighted by Crippen LogP contribution is -2.01. The first kappa shape index (κ1) is 10.5. The Hall–Kier alpha value is -2.03. The van der Waals surface area contributed by atoms with Crippen molar-refractivity contribution in [3.63, 3.8) is 0 Å². The van der Waals surface area contributed by atoms with E-state index in [9.17, 15) is 4.79 Å². The van der Waals surface area contributed by atoms with E-state index in [0.717, 1.165) is 23.9 Å². The van der Waals surface area contributed by atoms with E-state index in [1.54, 1.807) is 6.26 Å². The van der Waals surface area contributed by atoms with Gasteiger partial charge in [-0.2, -0.15) is 0 Å². The van der Waals surface area contributed by atoms with Crippen LogP contribution in [0.1, 0.15) is 6.42 Å². The maximum atomic E-state index is 10.8. The highest BCUT2D eigenvalue weighted by Crippen LogP contribution is 2.06. The van der Waals surface area contributed by atoms with Crippen molar-refractivity contribution in [1.29, 1.82) is 0 Å². The Morgan fingerprint density at radius 2 is 2.00 bits per heavy atom. The smallest absolute Gasteiger partial charge is 0.248 e. The van der Waals surface area contributed by atoms with Gasteiger partial charge in [0.15, 0.2) is 0 Å². The van der Waals surface area contributed by atoms with Crippen molar-refractivity contribution in [2.45, 2.75) is 6.42 Å². The molecule has 0 spiro atoms. The molecule has 1 aromatic carbocycles. The molecule has 0 bridgehead atoms. The lowest BCUT2D eigenvalue weighted by Gasteiger charge is -1.93. The van der Waals surface area contributed by atoms with Gasteiger partial charge in [-0.25, -0.2) is 0 Å². The summed E-state index contributed by atoms with van der Waals surface area (Å²) in [5.41, 5.74) is 0.837. The molecule has 1 N–H and O–H groups in total. The van der Waals surface area contributed by atoms with Crippen molar-refractivity contribution in [3.8, 4) is 0 Å². The summed E-state index contributed by atoms with van der Waals surface area (Å²) in [6.45, 7) is 0.889. The van der Waals surface area contributed by atoms with Gasteiger partial charge in [-0.05, 0) is 23.6 Å². The number of benzene rings is 1. The highest BCUT2D eigenvalue weighted by Gasteiger charge is 1.89. The van der Waals surface area contributed by atoms with Crippen LogP contribution in [0.3, 0.4) is 0 Å². The SMILES string of the molecule is C1=COCC1.O=c1ccc2ccccc2[nH]1. The molecule has 1 aliphatic heterocycles. The number of aromatic amines is 1. The van der Waals surface area contributed by atoms with Crippen molar-refractivity contribution in [3.05, 3.63) is 59.1 Å². The summed E-state index contributed by atoms with van der Waals surface area (Å²) in [5, 5.41) is 1.06. The van der Waals surface area contributed by atoms with E-state index in [1.165, 1.54) is 6.07 Å². The van der Waals surface area contributed by atoms with Gasteiger partial charge in [-0.1, -0.05) is 18.2 Å². The second-order valence-corrected chi connectivity index (χ2v) is 3.44. The van der Waals surface area contributed by atoms with Crippen molar-refractivity contribution in [2.24, 2.45) is 0 Å². The number of rotatable bonds is 0. The number of nitrogens with one attached hydrogen (secondary N) is 1. The normalized spacial score (nSPS) is 13.0. The number of pyridine rings is 1. The van der Waals surface area contributed by atoms with Crippen molar-refractivity contribution in [2.75, 3.05) is 6.61 Å². The van der Waals surface area contributed by atoms with Gasteiger partial charge in [0.2, 0.25) is 5.56 Å². The molecule has 0 radical (unpaired) electrons. The predicted molar refractivity (Wildman–Crippen MR) is 64.3 cm³/mol. The fraction of sp³-hybridized carbons (Fsp3) is 0.154. The lowest BCUT2D eigenvalue weighted by atomic mass is 10.2. The molecule has 2 aromatic rings.